The molecule has 9 heteroatoms. The largest absolute Gasteiger partial charge is 0.443 e. The molecule has 1 amide bonds. The predicted octanol–water partition coefficient (Wildman–Crippen LogP) is 2.32. The number of rotatable bonds is 2. The summed E-state index contributed by atoms with van der Waals surface area (Å²) >= 11 is 0. The Labute approximate surface area is 113 Å². The van der Waals surface area contributed by atoms with Crippen molar-refractivity contribution >= 4 is 16.1 Å². The topological polar surface area (TPSA) is 72.5 Å². The highest BCUT2D eigenvalue weighted by atomic mass is 32.2. The molecule has 0 bridgehead atoms. The molecule has 0 spiro atoms. The van der Waals surface area contributed by atoms with Crippen LogP contribution in [0.2, 0.25) is 0 Å². The number of amides is 1. The number of halogens is 3. The number of benzene rings is 1. The number of ether oxygens (including phenoxy) is 1. The summed E-state index contributed by atoms with van der Waals surface area (Å²) in [6.45, 7) is 4.45. The summed E-state index contributed by atoms with van der Waals surface area (Å²) in [7, 11) is -4.71. The van der Waals surface area contributed by atoms with Crippen LogP contribution in [0.4, 0.5) is 18.0 Å². The fourth-order valence-corrected chi connectivity index (χ4v) is 2.12. The molecule has 0 heterocycles. The zero-order valence-corrected chi connectivity index (χ0v) is 11.6. The molecule has 0 radical (unpaired) electrons. The zero-order valence-electron chi connectivity index (χ0n) is 10.8. The van der Waals surface area contributed by atoms with Gasteiger partial charge in [0.2, 0.25) is 0 Å². The first-order valence-corrected chi connectivity index (χ1v) is 6.81. The fraction of sp³-hybridized carbons (Fsp3) is 0.364. The summed E-state index contributed by atoms with van der Waals surface area (Å²) in [4.78, 5) is 10.1. The second-order valence-corrected chi connectivity index (χ2v) is 6.45. The van der Waals surface area contributed by atoms with Crippen molar-refractivity contribution in [3.8, 4) is 0 Å². The molecule has 1 aromatic rings. The number of carbonyl (C=O) groups excluding carboxylic acids is 1. The highest BCUT2D eigenvalue weighted by molar-refractivity contribution is 7.90. The molecule has 5 nitrogen and oxygen atoms in total. The average molecular weight is 311 g/mol. The van der Waals surface area contributed by atoms with Gasteiger partial charge < -0.3 is 4.74 Å². The second kappa shape index (κ2) is 5.31. The summed E-state index contributed by atoms with van der Waals surface area (Å²) in [6.07, 6.45) is -1.36. The molecule has 1 N–H and O–H groups in total. The summed E-state index contributed by atoms with van der Waals surface area (Å²) in [5.74, 6) is -4.63. The molecule has 0 unspecified atom stereocenters. The molecule has 0 fully saturated rings. The van der Waals surface area contributed by atoms with Gasteiger partial charge in [0, 0.05) is 12.1 Å². The van der Waals surface area contributed by atoms with Gasteiger partial charge in [0.25, 0.3) is 10.0 Å². The molecule has 0 aliphatic rings. The van der Waals surface area contributed by atoms with Gasteiger partial charge in [-0.15, -0.1) is 0 Å². The standard InChI is InChI=1S/C11H12F3NO4S/c1-11(2,3)19-10(16)15-20(17,18)9-5-7(13)6(12)4-8(9)14/h4-5H,1-3H3,(H,15,16). The van der Waals surface area contributed by atoms with Gasteiger partial charge in [-0.25, -0.2) is 31.1 Å². The van der Waals surface area contributed by atoms with Crippen LogP contribution in [0, 0.1) is 17.5 Å². The summed E-state index contributed by atoms with van der Waals surface area (Å²) in [6, 6.07) is 0.205. The van der Waals surface area contributed by atoms with Crippen molar-refractivity contribution in [2.24, 2.45) is 0 Å². The molecule has 0 saturated carbocycles. The number of hydrogen-bond acceptors (Lipinski definition) is 4. The third-order valence-electron chi connectivity index (χ3n) is 1.88. The van der Waals surface area contributed by atoms with Crippen molar-refractivity contribution in [1.82, 2.24) is 4.72 Å². The van der Waals surface area contributed by atoms with Gasteiger partial charge in [0.15, 0.2) is 11.6 Å². The van der Waals surface area contributed by atoms with Gasteiger partial charge >= 0.3 is 6.09 Å². The molecule has 1 aromatic carbocycles. The van der Waals surface area contributed by atoms with Gasteiger partial charge in [-0.3, -0.25) is 0 Å². The lowest BCUT2D eigenvalue weighted by Gasteiger charge is -2.19. The van der Waals surface area contributed by atoms with Crippen molar-refractivity contribution in [3.63, 3.8) is 0 Å². The van der Waals surface area contributed by atoms with Crippen molar-refractivity contribution in [2.75, 3.05) is 0 Å². The lowest BCUT2D eigenvalue weighted by atomic mass is 10.2. The predicted molar refractivity (Wildman–Crippen MR) is 62.9 cm³/mol. The lowest BCUT2D eigenvalue weighted by molar-refractivity contribution is 0.0570. The van der Waals surface area contributed by atoms with Gasteiger partial charge in [0.05, 0.1) is 0 Å². The highest BCUT2D eigenvalue weighted by Crippen LogP contribution is 2.18. The Morgan fingerprint density at radius 3 is 2.10 bits per heavy atom. The van der Waals surface area contributed by atoms with Crippen LogP contribution in [-0.4, -0.2) is 20.1 Å². The molecular formula is C11H12F3NO4S. The Morgan fingerprint density at radius 2 is 1.60 bits per heavy atom. The van der Waals surface area contributed by atoms with E-state index in [2.05, 4.69) is 4.74 Å². The van der Waals surface area contributed by atoms with Gasteiger partial charge in [-0.1, -0.05) is 0 Å². The van der Waals surface area contributed by atoms with Crippen LogP contribution in [0.1, 0.15) is 20.8 Å². The monoisotopic (exact) mass is 311 g/mol. The van der Waals surface area contributed by atoms with Gasteiger partial charge in [0.1, 0.15) is 16.3 Å². The van der Waals surface area contributed by atoms with Crippen LogP contribution in [0.25, 0.3) is 0 Å². The van der Waals surface area contributed by atoms with E-state index >= 15 is 0 Å². The summed E-state index contributed by atoms with van der Waals surface area (Å²) < 4.78 is 68.4. The van der Waals surface area contributed by atoms with E-state index in [0.29, 0.717) is 0 Å². The fourth-order valence-electron chi connectivity index (χ4n) is 1.17. The third-order valence-corrected chi connectivity index (χ3v) is 3.21. The van der Waals surface area contributed by atoms with Crippen LogP contribution >= 0.6 is 0 Å². The molecule has 0 aliphatic heterocycles. The van der Waals surface area contributed by atoms with E-state index in [1.165, 1.54) is 25.5 Å². The number of nitrogens with one attached hydrogen (secondary N) is 1. The molecule has 0 atom stereocenters. The van der Waals surface area contributed by atoms with E-state index in [1.807, 2.05) is 0 Å². The normalized spacial score (nSPS) is 12.1. The van der Waals surface area contributed by atoms with Crippen molar-refractivity contribution in [2.45, 2.75) is 31.3 Å². The van der Waals surface area contributed by atoms with Crippen LogP contribution in [0.5, 0.6) is 0 Å². The second-order valence-electron chi connectivity index (χ2n) is 4.80. The summed E-state index contributed by atoms with van der Waals surface area (Å²) in [5.41, 5.74) is -0.980. The molecular weight excluding hydrogens is 299 g/mol. The first-order chi connectivity index (χ1) is 8.92. The molecule has 0 aromatic heterocycles. The quantitative estimate of drug-likeness (QED) is 0.851. The van der Waals surface area contributed by atoms with Crippen LogP contribution in [-0.2, 0) is 14.8 Å². The van der Waals surface area contributed by atoms with Gasteiger partial charge in [-0.05, 0) is 20.8 Å². The molecule has 1 rings (SSSR count). The average Bonchev–Trinajstić information content (AvgIpc) is 2.19. The Kier molecular flexibility index (Phi) is 4.33. The Morgan fingerprint density at radius 1 is 1.10 bits per heavy atom. The van der Waals surface area contributed by atoms with Crippen molar-refractivity contribution < 1.29 is 31.1 Å². The minimum absolute atomic E-state index is 0.0684. The maximum atomic E-state index is 13.3. The van der Waals surface area contributed by atoms with Crippen molar-refractivity contribution in [3.05, 3.63) is 29.6 Å². The molecule has 112 valence electrons. The third kappa shape index (κ3) is 4.12. The minimum atomic E-state index is -4.71. The molecule has 0 aliphatic carbocycles. The zero-order chi connectivity index (χ0) is 15.7. The summed E-state index contributed by atoms with van der Waals surface area (Å²) in [5, 5.41) is 0. The lowest BCUT2D eigenvalue weighted by Crippen LogP contribution is -2.36. The van der Waals surface area contributed by atoms with E-state index in [1.54, 1.807) is 0 Å². The number of carbonyl (C=O) groups is 1. The first kappa shape index (κ1) is 16.3. The van der Waals surface area contributed by atoms with E-state index < -0.39 is 44.1 Å². The van der Waals surface area contributed by atoms with E-state index in [0.717, 1.165) is 0 Å². The number of sulfonamides is 1. The smallest absolute Gasteiger partial charge is 0.421 e. The van der Waals surface area contributed by atoms with Crippen molar-refractivity contribution in [1.29, 1.82) is 0 Å². The van der Waals surface area contributed by atoms with Crippen LogP contribution in [0.3, 0.4) is 0 Å². The van der Waals surface area contributed by atoms with E-state index in [-0.39, 0.29) is 12.1 Å². The molecule has 20 heavy (non-hydrogen) atoms. The van der Waals surface area contributed by atoms with Gasteiger partial charge in [-0.2, -0.15) is 0 Å². The van der Waals surface area contributed by atoms with E-state index in [4.69, 9.17) is 0 Å². The van der Waals surface area contributed by atoms with E-state index in [9.17, 15) is 26.4 Å². The SMILES string of the molecule is CC(C)(C)OC(=O)NS(=O)(=O)c1cc(F)c(F)cc1F. The number of hydrogen-bond donors (Lipinski definition) is 1. The Balaban J connectivity index is 3.07. The Bertz CT molecular complexity index is 638. The Hall–Kier alpha value is -1.77. The maximum absolute atomic E-state index is 13.3. The first-order valence-electron chi connectivity index (χ1n) is 5.33. The minimum Gasteiger partial charge on any atom is -0.443 e. The van der Waals surface area contributed by atoms with Crippen LogP contribution in [0.15, 0.2) is 17.0 Å². The highest BCUT2D eigenvalue weighted by Gasteiger charge is 2.26. The molecule has 0 saturated heterocycles. The maximum Gasteiger partial charge on any atom is 0.421 e. The van der Waals surface area contributed by atoms with Crippen LogP contribution < -0.4 is 4.72 Å².